The van der Waals surface area contributed by atoms with Crippen molar-refractivity contribution in [3.8, 4) is 0 Å². The lowest BCUT2D eigenvalue weighted by Crippen LogP contribution is -2.39. The second-order valence-electron chi connectivity index (χ2n) is 7.11. The van der Waals surface area contributed by atoms with E-state index >= 15 is 0 Å². The number of aryl methyl sites for hydroxylation is 1. The number of amides is 2. The Hall–Kier alpha value is -2.38. The molecule has 1 fully saturated rings. The summed E-state index contributed by atoms with van der Waals surface area (Å²) < 4.78 is 1.84. The van der Waals surface area contributed by atoms with Gasteiger partial charge in [-0.05, 0) is 18.9 Å². The van der Waals surface area contributed by atoms with E-state index in [1.807, 2.05) is 10.7 Å². The van der Waals surface area contributed by atoms with Crippen molar-refractivity contribution in [2.45, 2.75) is 70.5 Å². The number of hydrogen-bond donors (Lipinski definition) is 2. The van der Waals surface area contributed by atoms with Crippen molar-refractivity contribution < 1.29 is 19.5 Å². The summed E-state index contributed by atoms with van der Waals surface area (Å²) in [6.45, 7) is 1.63. The van der Waals surface area contributed by atoms with Gasteiger partial charge in [-0.3, -0.25) is 19.1 Å². The maximum atomic E-state index is 12.4. The van der Waals surface area contributed by atoms with Crippen LogP contribution in [0.1, 0.15) is 56.3 Å². The number of fused-ring (bicyclic) bond motifs is 1. The minimum Gasteiger partial charge on any atom is -0.481 e. The second-order valence-corrected chi connectivity index (χ2v) is 7.11. The molecule has 2 aliphatic rings. The first-order valence-electron chi connectivity index (χ1n) is 9.36. The fraction of sp³-hybridized carbons (Fsp3) is 0.667. The molecule has 3 rings (SSSR count). The number of carboxylic acids is 1. The predicted molar refractivity (Wildman–Crippen MR) is 93.2 cm³/mol. The molecular weight excluding hydrogens is 336 g/mol. The summed E-state index contributed by atoms with van der Waals surface area (Å²) in [4.78, 5) is 36.8. The Labute approximate surface area is 152 Å². The molecule has 0 saturated heterocycles. The van der Waals surface area contributed by atoms with Gasteiger partial charge in [-0.25, -0.2) is 0 Å². The third-order valence-corrected chi connectivity index (χ3v) is 5.08. The average Bonchev–Trinajstić information content (AvgIpc) is 3.26. The molecule has 1 saturated carbocycles. The van der Waals surface area contributed by atoms with Crippen molar-refractivity contribution in [3.63, 3.8) is 0 Å². The average molecular weight is 362 g/mol. The first-order valence-corrected chi connectivity index (χ1v) is 9.36. The van der Waals surface area contributed by atoms with Crippen molar-refractivity contribution in [2.75, 3.05) is 6.54 Å². The van der Waals surface area contributed by atoms with Gasteiger partial charge < -0.3 is 15.3 Å². The summed E-state index contributed by atoms with van der Waals surface area (Å²) in [5.74, 6) is -0.905. The van der Waals surface area contributed by atoms with Gasteiger partial charge in [0.2, 0.25) is 11.8 Å². The van der Waals surface area contributed by atoms with Gasteiger partial charge in [0.25, 0.3) is 0 Å². The smallest absolute Gasteiger partial charge is 0.303 e. The fourth-order valence-electron chi connectivity index (χ4n) is 3.64. The lowest BCUT2D eigenvalue weighted by molar-refractivity contribution is -0.137. The molecule has 0 radical (unpaired) electrons. The molecule has 0 atom stereocenters. The largest absolute Gasteiger partial charge is 0.481 e. The summed E-state index contributed by atoms with van der Waals surface area (Å²) in [5.41, 5.74) is 1.66. The highest BCUT2D eigenvalue weighted by molar-refractivity contribution is 5.84. The molecule has 0 spiro atoms. The summed E-state index contributed by atoms with van der Waals surface area (Å²) in [7, 11) is 0. The van der Waals surface area contributed by atoms with Crippen LogP contribution in [0, 0.1) is 0 Å². The fourth-order valence-corrected chi connectivity index (χ4v) is 3.64. The van der Waals surface area contributed by atoms with E-state index in [2.05, 4.69) is 10.4 Å². The SMILES string of the molecule is O=C(O)CCc1cc2n(n1)CCN(C(=O)CCC(=O)NC1CCCC1)C2. The lowest BCUT2D eigenvalue weighted by Gasteiger charge is -2.27. The second kappa shape index (κ2) is 8.33. The molecular formula is C18H26N4O4. The van der Waals surface area contributed by atoms with Gasteiger partial charge >= 0.3 is 5.97 Å². The maximum Gasteiger partial charge on any atom is 0.303 e. The zero-order valence-corrected chi connectivity index (χ0v) is 14.9. The van der Waals surface area contributed by atoms with E-state index in [0.29, 0.717) is 26.1 Å². The van der Waals surface area contributed by atoms with Crippen LogP contribution in [0.25, 0.3) is 0 Å². The van der Waals surface area contributed by atoms with E-state index in [1.54, 1.807) is 4.90 Å². The van der Waals surface area contributed by atoms with E-state index in [9.17, 15) is 14.4 Å². The van der Waals surface area contributed by atoms with E-state index in [0.717, 1.165) is 24.2 Å². The number of nitrogens with one attached hydrogen (secondary N) is 1. The third kappa shape index (κ3) is 4.83. The molecule has 8 heteroatoms. The molecule has 0 aromatic carbocycles. The number of hydrogen-bond acceptors (Lipinski definition) is 4. The highest BCUT2D eigenvalue weighted by Crippen LogP contribution is 2.18. The Bertz CT molecular complexity index is 679. The van der Waals surface area contributed by atoms with E-state index < -0.39 is 5.97 Å². The molecule has 0 unspecified atom stereocenters. The molecule has 1 aliphatic heterocycles. The van der Waals surface area contributed by atoms with Crippen LogP contribution in [0.4, 0.5) is 0 Å². The molecule has 1 aromatic rings. The number of aliphatic carboxylic acids is 1. The molecule has 1 aliphatic carbocycles. The standard InChI is InChI=1S/C18H26N4O4/c23-16(19-13-3-1-2-4-13)6-7-17(24)21-9-10-22-15(12-21)11-14(20-22)5-8-18(25)26/h11,13H,1-10,12H2,(H,19,23)(H,25,26). The molecule has 142 valence electrons. The number of carbonyl (C=O) groups excluding carboxylic acids is 2. The summed E-state index contributed by atoms with van der Waals surface area (Å²) in [6.07, 6.45) is 5.31. The van der Waals surface area contributed by atoms with Gasteiger partial charge in [0.1, 0.15) is 0 Å². The molecule has 8 nitrogen and oxygen atoms in total. The van der Waals surface area contributed by atoms with Crippen molar-refractivity contribution >= 4 is 17.8 Å². The van der Waals surface area contributed by atoms with Crippen molar-refractivity contribution in [1.82, 2.24) is 20.0 Å². The number of carbonyl (C=O) groups is 3. The summed E-state index contributed by atoms with van der Waals surface area (Å²) >= 11 is 0. The molecule has 2 N–H and O–H groups in total. The third-order valence-electron chi connectivity index (χ3n) is 5.08. The van der Waals surface area contributed by atoms with Crippen LogP contribution in [0.15, 0.2) is 6.07 Å². The van der Waals surface area contributed by atoms with Gasteiger partial charge in [0.05, 0.1) is 30.9 Å². The Kier molecular flexibility index (Phi) is 5.90. The number of nitrogens with zero attached hydrogens (tertiary/aromatic N) is 3. The molecule has 1 aromatic heterocycles. The van der Waals surface area contributed by atoms with Crippen LogP contribution >= 0.6 is 0 Å². The van der Waals surface area contributed by atoms with Gasteiger partial charge in [-0.15, -0.1) is 0 Å². The lowest BCUT2D eigenvalue weighted by atomic mass is 10.2. The normalized spacial score (nSPS) is 17.2. The Morgan fingerprint density at radius 3 is 2.65 bits per heavy atom. The zero-order chi connectivity index (χ0) is 18.5. The van der Waals surface area contributed by atoms with Crippen molar-refractivity contribution in [2.24, 2.45) is 0 Å². The highest BCUT2D eigenvalue weighted by Gasteiger charge is 2.23. The van der Waals surface area contributed by atoms with E-state index in [-0.39, 0.29) is 37.1 Å². The first-order chi connectivity index (χ1) is 12.5. The minimum atomic E-state index is -0.844. The van der Waals surface area contributed by atoms with E-state index in [1.165, 1.54) is 12.8 Å². The van der Waals surface area contributed by atoms with Crippen LogP contribution in [-0.4, -0.2) is 50.2 Å². The Morgan fingerprint density at radius 2 is 1.92 bits per heavy atom. The number of aromatic nitrogens is 2. The number of carboxylic acid groups (broad SMARTS) is 1. The van der Waals surface area contributed by atoms with Crippen LogP contribution in [0.3, 0.4) is 0 Å². The Morgan fingerprint density at radius 1 is 1.15 bits per heavy atom. The highest BCUT2D eigenvalue weighted by atomic mass is 16.4. The van der Waals surface area contributed by atoms with Gasteiger partial charge in [-0.2, -0.15) is 5.10 Å². The monoisotopic (exact) mass is 362 g/mol. The van der Waals surface area contributed by atoms with Crippen LogP contribution in [0.5, 0.6) is 0 Å². The minimum absolute atomic E-state index is 0.0221. The molecule has 2 heterocycles. The Balaban J connectivity index is 1.46. The molecule has 0 bridgehead atoms. The van der Waals surface area contributed by atoms with Crippen molar-refractivity contribution in [3.05, 3.63) is 17.5 Å². The topological polar surface area (TPSA) is 105 Å². The van der Waals surface area contributed by atoms with Gasteiger partial charge in [0, 0.05) is 31.8 Å². The maximum absolute atomic E-state index is 12.4. The summed E-state index contributed by atoms with van der Waals surface area (Å²) in [5, 5.41) is 16.2. The zero-order valence-electron chi connectivity index (χ0n) is 14.9. The molecule has 2 amide bonds. The van der Waals surface area contributed by atoms with Gasteiger partial charge in [-0.1, -0.05) is 12.8 Å². The first kappa shape index (κ1) is 18.4. The van der Waals surface area contributed by atoms with Gasteiger partial charge in [0.15, 0.2) is 0 Å². The predicted octanol–water partition coefficient (Wildman–Crippen LogP) is 1.08. The van der Waals surface area contributed by atoms with Crippen LogP contribution < -0.4 is 5.32 Å². The van der Waals surface area contributed by atoms with Crippen molar-refractivity contribution in [1.29, 1.82) is 0 Å². The quantitative estimate of drug-likeness (QED) is 0.755. The van der Waals surface area contributed by atoms with Crippen LogP contribution in [0.2, 0.25) is 0 Å². The summed E-state index contributed by atoms with van der Waals surface area (Å²) in [6, 6.07) is 2.15. The molecule has 26 heavy (non-hydrogen) atoms. The number of rotatable bonds is 7. The van der Waals surface area contributed by atoms with Crippen LogP contribution in [-0.2, 0) is 33.9 Å². The van der Waals surface area contributed by atoms with E-state index in [4.69, 9.17) is 5.11 Å².